The van der Waals surface area contributed by atoms with Crippen molar-refractivity contribution in [3.05, 3.63) is 53.6 Å². The minimum absolute atomic E-state index is 0.0119. The summed E-state index contributed by atoms with van der Waals surface area (Å²) in [4.78, 5) is 26.7. The monoisotopic (exact) mass is 497 g/mol. The molecular formula is C28H39N3O5. The van der Waals surface area contributed by atoms with E-state index in [1.54, 1.807) is 13.8 Å². The van der Waals surface area contributed by atoms with Crippen LogP contribution in [0.25, 0.3) is 0 Å². The van der Waals surface area contributed by atoms with Crippen LogP contribution in [0.15, 0.2) is 42.5 Å². The molecule has 2 aromatic rings. The van der Waals surface area contributed by atoms with Crippen LogP contribution in [0, 0.1) is 6.92 Å². The van der Waals surface area contributed by atoms with Crippen LogP contribution >= 0.6 is 0 Å². The number of hydrogen-bond acceptors (Lipinski definition) is 5. The second kappa shape index (κ2) is 12.2. The van der Waals surface area contributed by atoms with Crippen LogP contribution in [0.2, 0.25) is 0 Å². The first-order valence-electron chi connectivity index (χ1n) is 12.6. The molecule has 0 aliphatic carbocycles. The first-order chi connectivity index (χ1) is 17.1. The van der Waals surface area contributed by atoms with E-state index in [1.165, 1.54) is 0 Å². The first-order valence-corrected chi connectivity index (χ1v) is 12.6. The van der Waals surface area contributed by atoms with E-state index >= 15 is 0 Å². The number of aryl methyl sites for hydroxylation is 1. The number of carbonyl (C=O) groups excluding carboxylic acids is 1. The highest BCUT2D eigenvalue weighted by Crippen LogP contribution is 2.36. The lowest BCUT2D eigenvalue weighted by Gasteiger charge is -2.40. The summed E-state index contributed by atoms with van der Waals surface area (Å²) in [5.74, 6) is -1.04. The van der Waals surface area contributed by atoms with Gasteiger partial charge in [0.25, 0.3) is 0 Å². The van der Waals surface area contributed by atoms with Gasteiger partial charge in [-0.25, -0.2) is 4.79 Å². The number of nitrogens with zero attached hydrogens (tertiary/aromatic N) is 1. The van der Waals surface area contributed by atoms with Gasteiger partial charge in [-0.1, -0.05) is 31.2 Å². The number of aliphatic hydroxyl groups is 1. The van der Waals surface area contributed by atoms with Gasteiger partial charge in [0.1, 0.15) is 0 Å². The molecular weight excluding hydrogens is 458 g/mol. The van der Waals surface area contributed by atoms with Crippen molar-refractivity contribution in [2.45, 2.75) is 70.9 Å². The zero-order valence-corrected chi connectivity index (χ0v) is 21.7. The quantitative estimate of drug-likeness (QED) is 0.351. The molecule has 2 aromatic carbocycles. The Labute approximate surface area is 213 Å². The highest BCUT2D eigenvalue weighted by molar-refractivity contribution is 6.02. The van der Waals surface area contributed by atoms with Gasteiger partial charge in [0.2, 0.25) is 0 Å². The van der Waals surface area contributed by atoms with E-state index in [0.29, 0.717) is 37.6 Å². The van der Waals surface area contributed by atoms with Crippen LogP contribution in [0.5, 0.6) is 0 Å². The molecule has 1 fully saturated rings. The average Bonchev–Trinajstić information content (AvgIpc) is 2.82. The van der Waals surface area contributed by atoms with Crippen LogP contribution < -0.4 is 15.5 Å². The van der Waals surface area contributed by atoms with Gasteiger partial charge in [-0.05, 0) is 75.3 Å². The van der Waals surface area contributed by atoms with E-state index in [0.717, 1.165) is 29.7 Å². The lowest BCUT2D eigenvalue weighted by molar-refractivity contribution is -0.137. The van der Waals surface area contributed by atoms with Crippen LogP contribution in [-0.2, 0) is 9.53 Å². The minimum Gasteiger partial charge on any atom is -0.481 e. The predicted octanol–water partition coefficient (Wildman–Crippen LogP) is 5.36. The van der Waals surface area contributed by atoms with Crippen molar-refractivity contribution in [2.24, 2.45) is 0 Å². The van der Waals surface area contributed by atoms with Crippen molar-refractivity contribution in [3.8, 4) is 0 Å². The molecule has 0 spiro atoms. The largest absolute Gasteiger partial charge is 0.481 e. The third kappa shape index (κ3) is 7.70. The molecule has 8 heteroatoms. The Balaban J connectivity index is 2.00. The number of hydrogen-bond donors (Lipinski definition) is 4. The zero-order valence-electron chi connectivity index (χ0n) is 21.7. The molecule has 1 atom stereocenters. The number of amides is 2. The molecule has 8 nitrogen and oxygen atoms in total. The molecule has 1 heterocycles. The summed E-state index contributed by atoms with van der Waals surface area (Å²) in [6.45, 7) is 9.07. The summed E-state index contributed by atoms with van der Waals surface area (Å²) < 4.78 is 5.57. The smallest absolute Gasteiger partial charge is 0.323 e. The normalized spacial score (nSPS) is 15.2. The molecule has 196 valence electrons. The van der Waals surface area contributed by atoms with Crippen molar-refractivity contribution in [3.63, 3.8) is 0 Å². The predicted molar refractivity (Wildman–Crippen MR) is 143 cm³/mol. The number of anilines is 3. The zero-order chi connectivity index (χ0) is 26.3. The maximum absolute atomic E-state index is 13.1. The fourth-order valence-electron chi connectivity index (χ4n) is 4.68. The van der Waals surface area contributed by atoms with E-state index in [-0.39, 0.29) is 24.4 Å². The van der Waals surface area contributed by atoms with Crippen molar-refractivity contribution in [1.29, 1.82) is 0 Å². The Kier molecular flexibility index (Phi) is 9.34. The van der Waals surface area contributed by atoms with Crippen LogP contribution in [0.4, 0.5) is 21.9 Å². The van der Waals surface area contributed by atoms with E-state index in [9.17, 15) is 19.8 Å². The third-order valence-electron chi connectivity index (χ3n) is 6.55. The Hall–Kier alpha value is -3.10. The third-order valence-corrected chi connectivity index (χ3v) is 6.55. The summed E-state index contributed by atoms with van der Waals surface area (Å²) in [6, 6.07) is 13.0. The molecule has 1 saturated heterocycles. The van der Waals surface area contributed by atoms with Crippen molar-refractivity contribution in [1.82, 2.24) is 0 Å². The fraction of sp³-hybridized carbons (Fsp3) is 0.500. The van der Waals surface area contributed by atoms with Gasteiger partial charge < -0.3 is 30.5 Å². The molecule has 2 amide bonds. The van der Waals surface area contributed by atoms with Crippen molar-refractivity contribution in [2.75, 3.05) is 35.3 Å². The number of benzene rings is 2. The SMILES string of the molecule is CC[C@@H](CC(=O)O)c1ccc(N(CC(C)(C)O)C2CCOCC2)c(NC(=O)Nc2ccccc2C)c1. The lowest BCUT2D eigenvalue weighted by atomic mass is 9.92. The molecule has 4 N–H and O–H groups in total. The van der Waals surface area contributed by atoms with Gasteiger partial charge in [-0.15, -0.1) is 0 Å². The van der Waals surface area contributed by atoms with Crippen molar-refractivity contribution >= 4 is 29.1 Å². The Bertz CT molecular complexity index is 1040. The average molecular weight is 498 g/mol. The minimum atomic E-state index is -0.965. The number of urea groups is 1. The summed E-state index contributed by atoms with van der Waals surface area (Å²) in [7, 11) is 0. The van der Waals surface area contributed by atoms with Crippen molar-refractivity contribution < 1.29 is 24.5 Å². The van der Waals surface area contributed by atoms with Gasteiger partial charge in [0.05, 0.1) is 23.4 Å². The Morgan fingerprint density at radius 3 is 2.39 bits per heavy atom. The number of carboxylic acid groups (broad SMARTS) is 1. The maximum Gasteiger partial charge on any atom is 0.323 e. The first kappa shape index (κ1) is 27.5. The highest BCUT2D eigenvalue weighted by Gasteiger charge is 2.29. The van der Waals surface area contributed by atoms with Crippen LogP contribution in [0.1, 0.15) is 63.5 Å². The number of ether oxygens (including phenoxy) is 1. The Morgan fingerprint density at radius 1 is 1.11 bits per heavy atom. The Morgan fingerprint density at radius 2 is 1.78 bits per heavy atom. The second-order valence-electron chi connectivity index (χ2n) is 10.2. The maximum atomic E-state index is 13.1. The summed E-state index contributed by atoms with van der Waals surface area (Å²) in [5.41, 5.74) is 2.91. The molecule has 1 aliphatic rings. The molecule has 0 aromatic heterocycles. The number of nitrogens with one attached hydrogen (secondary N) is 2. The summed E-state index contributed by atoms with van der Waals surface area (Å²) in [5, 5.41) is 26.0. The molecule has 0 radical (unpaired) electrons. The van der Waals surface area contributed by atoms with E-state index in [1.807, 2.05) is 56.3 Å². The number of rotatable bonds is 10. The summed E-state index contributed by atoms with van der Waals surface area (Å²) >= 11 is 0. The summed E-state index contributed by atoms with van der Waals surface area (Å²) in [6.07, 6.45) is 2.29. The lowest BCUT2D eigenvalue weighted by Crippen LogP contribution is -2.47. The molecule has 0 unspecified atom stereocenters. The van der Waals surface area contributed by atoms with E-state index < -0.39 is 11.6 Å². The highest BCUT2D eigenvalue weighted by atomic mass is 16.5. The molecule has 0 saturated carbocycles. The number of carbonyl (C=O) groups is 2. The topological polar surface area (TPSA) is 111 Å². The van der Waals surface area contributed by atoms with Gasteiger partial charge in [0.15, 0.2) is 0 Å². The number of aliphatic carboxylic acids is 1. The van der Waals surface area contributed by atoms with Gasteiger partial charge in [-0.3, -0.25) is 4.79 Å². The second-order valence-corrected chi connectivity index (χ2v) is 10.2. The molecule has 1 aliphatic heterocycles. The molecule has 3 rings (SSSR count). The van der Waals surface area contributed by atoms with E-state index in [2.05, 4.69) is 15.5 Å². The number of carboxylic acids is 1. The van der Waals surface area contributed by atoms with Gasteiger partial charge in [-0.2, -0.15) is 0 Å². The van der Waals surface area contributed by atoms with Crippen LogP contribution in [0.3, 0.4) is 0 Å². The van der Waals surface area contributed by atoms with E-state index in [4.69, 9.17) is 4.74 Å². The fourth-order valence-corrected chi connectivity index (χ4v) is 4.68. The number of para-hydroxylation sites is 1. The molecule has 0 bridgehead atoms. The van der Waals surface area contributed by atoms with Crippen LogP contribution in [-0.4, -0.2) is 53.6 Å². The van der Waals surface area contributed by atoms with Gasteiger partial charge >= 0.3 is 12.0 Å². The van der Waals surface area contributed by atoms with Gasteiger partial charge in [0, 0.05) is 31.5 Å². The standard InChI is InChI=1S/C28H39N3O5/c1-5-20(17-26(32)33)21-10-11-25(31(18-28(3,4)35)22-12-14-36-15-13-22)24(16-21)30-27(34)29-23-9-7-6-8-19(23)2/h6-11,16,20,22,35H,5,12-15,17-18H2,1-4H3,(H,32,33)(H2,29,30,34)/t20-/m0/s1. The molecule has 36 heavy (non-hydrogen) atoms.